The minimum absolute atomic E-state index is 0.0546. The van der Waals surface area contributed by atoms with Crippen molar-refractivity contribution in [2.24, 2.45) is 7.05 Å². The van der Waals surface area contributed by atoms with Crippen molar-refractivity contribution in [3.05, 3.63) is 36.7 Å². The van der Waals surface area contributed by atoms with Gasteiger partial charge in [0.2, 0.25) is 5.91 Å². The molecule has 0 N–H and O–H groups in total. The highest BCUT2D eigenvalue weighted by molar-refractivity contribution is 8.00. The molecule has 1 amide bonds. The molecule has 6 heteroatoms. The Labute approximate surface area is 134 Å². The van der Waals surface area contributed by atoms with Gasteiger partial charge in [-0.05, 0) is 31.0 Å². The fourth-order valence-corrected chi connectivity index (χ4v) is 3.78. The van der Waals surface area contributed by atoms with Gasteiger partial charge in [0.1, 0.15) is 5.75 Å². The molecule has 2 aromatic rings. The van der Waals surface area contributed by atoms with Gasteiger partial charge >= 0.3 is 0 Å². The predicted molar refractivity (Wildman–Crippen MR) is 87.4 cm³/mol. The van der Waals surface area contributed by atoms with Crippen LogP contribution in [0.5, 0.6) is 5.75 Å². The Morgan fingerprint density at radius 2 is 2.27 bits per heavy atom. The molecule has 2 heterocycles. The first kappa shape index (κ1) is 15.0. The summed E-state index contributed by atoms with van der Waals surface area (Å²) in [5.74, 6) is 0.976. The van der Waals surface area contributed by atoms with Gasteiger partial charge in [-0.1, -0.05) is 6.07 Å². The number of piperidine rings is 1. The van der Waals surface area contributed by atoms with Crippen molar-refractivity contribution in [1.82, 2.24) is 9.78 Å². The van der Waals surface area contributed by atoms with Crippen molar-refractivity contribution in [2.75, 3.05) is 18.6 Å². The first-order chi connectivity index (χ1) is 10.7. The van der Waals surface area contributed by atoms with Crippen LogP contribution in [0.15, 0.2) is 41.6 Å². The Morgan fingerprint density at radius 3 is 3.00 bits per heavy atom. The molecular formula is C16H19N3O2S. The highest BCUT2D eigenvalue weighted by Gasteiger charge is 2.31. The van der Waals surface area contributed by atoms with E-state index < -0.39 is 0 Å². The molecule has 0 unspecified atom stereocenters. The summed E-state index contributed by atoms with van der Waals surface area (Å²) in [7, 11) is 3.51. The van der Waals surface area contributed by atoms with Crippen LogP contribution in [0, 0.1) is 0 Å². The highest BCUT2D eigenvalue weighted by Crippen LogP contribution is 2.33. The molecule has 1 fully saturated rings. The number of aromatic nitrogens is 2. The lowest BCUT2D eigenvalue weighted by atomic mass is 10.1. The van der Waals surface area contributed by atoms with Gasteiger partial charge in [-0.3, -0.25) is 9.48 Å². The van der Waals surface area contributed by atoms with Crippen molar-refractivity contribution in [3.8, 4) is 5.75 Å². The number of aryl methyl sites for hydroxylation is 1. The molecule has 116 valence electrons. The molecule has 0 saturated carbocycles. The minimum Gasteiger partial charge on any atom is -0.497 e. The number of benzene rings is 1. The average molecular weight is 317 g/mol. The molecule has 1 aromatic carbocycles. The number of hydrogen-bond acceptors (Lipinski definition) is 4. The monoisotopic (exact) mass is 317 g/mol. The molecule has 0 bridgehead atoms. The number of rotatable bonds is 4. The van der Waals surface area contributed by atoms with Crippen LogP contribution in [0.4, 0.5) is 5.69 Å². The third-order valence-electron chi connectivity index (χ3n) is 3.71. The average Bonchev–Trinajstić information content (AvgIpc) is 2.96. The SMILES string of the molecule is COc1cccc(S[C@@H]2CCCN(c3cnn(C)c3)C2=O)c1. The number of thioether (sulfide) groups is 1. The Morgan fingerprint density at radius 1 is 1.41 bits per heavy atom. The van der Waals surface area contributed by atoms with Gasteiger partial charge in [0.15, 0.2) is 0 Å². The number of carbonyl (C=O) groups is 1. The first-order valence-electron chi connectivity index (χ1n) is 7.28. The summed E-state index contributed by atoms with van der Waals surface area (Å²) in [4.78, 5) is 15.6. The third-order valence-corrected chi connectivity index (χ3v) is 4.96. The van der Waals surface area contributed by atoms with E-state index in [2.05, 4.69) is 5.10 Å². The zero-order valence-corrected chi connectivity index (χ0v) is 13.5. The van der Waals surface area contributed by atoms with E-state index in [-0.39, 0.29) is 11.2 Å². The van der Waals surface area contributed by atoms with E-state index in [1.807, 2.05) is 42.4 Å². The summed E-state index contributed by atoms with van der Waals surface area (Å²) in [5, 5.41) is 4.10. The van der Waals surface area contributed by atoms with E-state index in [0.29, 0.717) is 0 Å². The molecule has 0 radical (unpaired) electrons. The zero-order chi connectivity index (χ0) is 15.5. The quantitative estimate of drug-likeness (QED) is 0.870. The highest BCUT2D eigenvalue weighted by atomic mass is 32.2. The summed E-state index contributed by atoms with van der Waals surface area (Å²) in [5.41, 5.74) is 0.878. The zero-order valence-electron chi connectivity index (χ0n) is 12.7. The number of amides is 1. The number of methoxy groups -OCH3 is 1. The lowest BCUT2D eigenvalue weighted by Gasteiger charge is -2.31. The van der Waals surface area contributed by atoms with Gasteiger partial charge < -0.3 is 9.64 Å². The molecule has 1 aliphatic rings. The van der Waals surface area contributed by atoms with E-state index >= 15 is 0 Å². The molecule has 3 rings (SSSR count). The Hall–Kier alpha value is -1.95. The van der Waals surface area contributed by atoms with E-state index in [4.69, 9.17) is 4.74 Å². The maximum atomic E-state index is 12.7. The fraction of sp³-hybridized carbons (Fsp3) is 0.375. The maximum Gasteiger partial charge on any atom is 0.240 e. The number of ether oxygens (including phenoxy) is 1. The van der Waals surface area contributed by atoms with Gasteiger partial charge in [-0.15, -0.1) is 11.8 Å². The number of anilines is 1. The largest absolute Gasteiger partial charge is 0.497 e. The van der Waals surface area contributed by atoms with E-state index in [1.165, 1.54) is 0 Å². The number of hydrogen-bond donors (Lipinski definition) is 0. The second-order valence-corrected chi connectivity index (χ2v) is 6.57. The lowest BCUT2D eigenvalue weighted by molar-refractivity contribution is -0.119. The molecule has 0 aliphatic carbocycles. The predicted octanol–water partition coefficient (Wildman–Crippen LogP) is 2.72. The molecule has 1 saturated heterocycles. The summed E-state index contributed by atoms with van der Waals surface area (Å²) < 4.78 is 6.97. The molecule has 1 atom stereocenters. The van der Waals surface area contributed by atoms with Crippen molar-refractivity contribution < 1.29 is 9.53 Å². The van der Waals surface area contributed by atoms with Crippen LogP contribution in [-0.2, 0) is 11.8 Å². The molecule has 1 aliphatic heterocycles. The fourth-order valence-electron chi connectivity index (χ4n) is 2.59. The first-order valence-corrected chi connectivity index (χ1v) is 8.16. The van der Waals surface area contributed by atoms with Crippen molar-refractivity contribution in [2.45, 2.75) is 23.0 Å². The molecule has 22 heavy (non-hydrogen) atoms. The maximum absolute atomic E-state index is 12.7. The smallest absolute Gasteiger partial charge is 0.240 e. The topological polar surface area (TPSA) is 47.4 Å². The van der Waals surface area contributed by atoms with E-state index in [1.54, 1.807) is 29.8 Å². The van der Waals surface area contributed by atoms with Crippen LogP contribution >= 0.6 is 11.8 Å². The van der Waals surface area contributed by atoms with Gasteiger partial charge in [-0.25, -0.2) is 0 Å². The van der Waals surface area contributed by atoms with Crippen LogP contribution in [-0.4, -0.2) is 34.6 Å². The van der Waals surface area contributed by atoms with Gasteiger partial charge in [0, 0.05) is 24.7 Å². The Balaban J connectivity index is 1.75. The summed E-state index contributed by atoms with van der Waals surface area (Å²) in [6.45, 7) is 0.764. The Bertz CT molecular complexity index is 671. The Kier molecular flexibility index (Phi) is 4.38. The molecule has 0 spiro atoms. The summed E-state index contributed by atoms with van der Waals surface area (Å²) in [6, 6.07) is 7.85. The normalized spacial score (nSPS) is 18.5. The van der Waals surface area contributed by atoms with Crippen LogP contribution < -0.4 is 9.64 Å². The lowest BCUT2D eigenvalue weighted by Crippen LogP contribution is -2.42. The van der Waals surface area contributed by atoms with Gasteiger partial charge in [0.05, 0.1) is 24.2 Å². The minimum atomic E-state index is -0.0546. The van der Waals surface area contributed by atoms with Crippen molar-refractivity contribution in [3.63, 3.8) is 0 Å². The number of carbonyl (C=O) groups excluding carboxylic acids is 1. The standard InChI is InChI=1S/C16H19N3O2S/c1-18-11-12(10-17-18)19-8-4-7-15(16(19)20)22-14-6-3-5-13(9-14)21-2/h3,5-6,9-11,15H,4,7-8H2,1-2H3/t15-/m1/s1. The van der Waals surface area contributed by atoms with E-state index in [0.717, 1.165) is 35.7 Å². The van der Waals surface area contributed by atoms with Crippen LogP contribution in [0.3, 0.4) is 0 Å². The number of nitrogens with zero attached hydrogens (tertiary/aromatic N) is 3. The molecule has 1 aromatic heterocycles. The van der Waals surface area contributed by atoms with Gasteiger partial charge in [0.25, 0.3) is 0 Å². The summed E-state index contributed by atoms with van der Waals surface area (Å²) >= 11 is 1.61. The van der Waals surface area contributed by atoms with E-state index in [9.17, 15) is 4.79 Å². The van der Waals surface area contributed by atoms with Crippen molar-refractivity contribution >= 4 is 23.4 Å². The van der Waals surface area contributed by atoms with Crippen LogP contribution in [0.2, 0.25) is 0 Å². The molecule has 5 nitrogen and oxygen atoms in total. The molecular weight excluding hydrogens is 298 g/mol. The second-order valence-electron chi connectivity index (χ2n) is 5.29. The van der Waals surface area contributed by atoms with Crippen molar-refractivity contribution in [1.29, 1.82) is 0 Å². The van der Waals surface area contributed by atoms with Crippen LogP contribution in [0.1, 0.15) is 12.8 Å². The summed E-state index contributed by atoms with van der Waals surface area (Å²) in [6.07, 6.45) is 5.53. The third kappa shape index (κ3) is 3.11. The van der Waals surface area contributed by atoms with Gasteiger partial charge in [-0.2, -0.15) is 5.10 Å². The van der Waals surface area contributed by atoms with Crippen LogP contribution in [0.25, 0.3) is 0 Å². The second kappa shape index (κ2) is 6.44.